The molecule has 6 nitrogen and oxygen atoms in total. The van der Waals surface area contributed by atoms with Gasteiger partial charge in [-0.05, 0) is 56.7 Å². The maximum absolute atomic E-state index is 13.3. The summed E-state index contributed by atoms with van der Waals surface area (Å²) in [4.78, 5) is 14.8. The van der Waals surface area contributed by atoms with Crippen molar-refractivity contribution in [2.24, 2.45) is 5.92 Å². The van der Waals surface area contributed by atoms with Gasteiger partial charge in [-0.3, -0.25) is 4.79 Å². The number of hydrogen-bond donors (Lipinski definition) is 0. The highest BCUT2D eigenvalue weighted by molar-refractivity contribution is 7.89. The number of benzene rings is 1. The van der Waals surface area contributed by atoms with Crippen molar-refractivity contribution in [3.8, 4) is 5.75 Å². The molecule has 0 aliphatic carbocycles. The van der Waals surface area contributed by atoms with Gasteiger partial charge in [-0.1, -0.05) is 13.3 Å². The van der Waals surface area contributed by atoms with E-state index in [-0.39, 0.29) is 22.6 Å². The number of hydrogen-bond acceptors (Lipinski definition) is 4. The molecule has 150 valence electrons. The highest BCUT2D eigenvalue weighted by Gasteiger charge is 2.34. The van der Waals surface area contributed by atoms with Gasteiger partial charge in [0.2, 0.25) is 10.0 Å². The van der Waals surface area contributed by atoms with Crippen molar-refractivity contribution in [2.75, 3.05) is 26.7 Å². The third-order valence-corrected chi connectivity index (χ3v) is 7.84. The molecule has 2 aliphatic heterocycles. The van der Waals surface area contributed by atoms with Crippen LogP contribution < -0.4 is 4.74 Å². The molecule has 2 aliphatic rings. The van der Waals surface area contributed by atoms with Crippen LogP contribution in [0.1, 0.15) is 56.3 Å². The summed E-state index contributed by atoms with van der Waals surface area (Å²) in [6.45, 7) is 6.08. The van der Waals surface area contributed by atoms with Crippen LogP contribution >= 0.6 is 0 Å². The maximum atomic E-state index is 13.3. The first kappa shape index (κ1) is 20.1. The van der Waals surface area contributed by atoms with E-state index in [1.807, 2.05) is 11.8 Å². The summed E-state index contributed by atoms with van der Waals surface area (Å²) < 4.78 is 33.5. The molecule has 2 fully saturated rings. The first-order valence-electron chi connectivity index (χ1n) is 9.83. The van der Waals surface area contributed by atoms with Crippen LogP contribution in [0.25, 0.3) is 0 Å². The van der Waals surface area contributed by atoms with Gasteiger partial charge in [0.15, 0.2) is 0 Å². The molecule has 2 heterocycles. The van der Waals surface area contributed by atoms with E-state index in [2.05, 4.69) is 6.92 Å². The zero-order chi connectivity index (χ0) is 19.6. The summed E-state index contributed by atoms with van der Waals surface area (Å²) in [5.74, 6) is 0.811. The molecule has 1 aromatic rings. The number of ether oxygens (including phenoxy) is 1. The molecule has 1 amide bonds. The second-order valence-electron chi connectivity index (χ2n) is 7.80. The zero-order valence-corrected chi connectivity index (χ0v) is 17.3. The Morgan fingerprint density at radius 3 is 2.41 bits per heavy atom. The standard InChI is InChI=1S/C20H30N2O4S/c1-15-9-12-21(13-10-15)20(23)17-7-8-18(26-3)19(14-17)27(24,25)22-11-5-4-6-16(22)2/h7-8,14-16H,4-6,9-13H2,1-3H3. The third kappa shape index (κ3) is 4.14. The van der Waals surface area contributed by atoms with E-state index < -0.39 is 10.0 Å². The van der Waals surface area contributed by atoms with Crippen molar-refractivity contribution in [2.45, 2.75) is 56.9 Å². The summed E-state index contributed by atoms with van der Waals surface area (Å²) in [5.41, 5.74) is 0.411. The molecule has 7 heteroatoms. The lowest BCUT2D eigenvalue weighted by molar-refractivity contribution is 0.0697. The molecule has 0 N–H and O–H groups in total. The van der Waals surface area contributed by atoms with E-state index in [9.17, 15) is 13.2 Å². The molecule has 0 radical (unpaired) electrons. The Morgan fingerprint density at radius 1 is 1.07 bits per heavy atom. The maximum Gasteiger partial charge on any atom is 0.253 e. The second kappa shape index (κ2) is 8.19. The van der Waals surface area contributed by atoms with E-state index in [0.717, 1.165) is 45.2 Å². The van der Waals surface area contributed by atoms with Gasteiger partial charge in [0.25, 0.3) is 5.91 Å². The zero-order valence-electron chi connectivity index (χ0n) is 16.5. The Bertz CT molecular complexity index is 785. The van der Waals surface area contributed by atoms with Crippen molar-refractivity contribution in [1.82, 2.24) is 9.21 Å². The molecule has 0 saturated carbocycles. The van der Waals surface area contributed by atoms with Crippen LogP contribution in [0.3, 0.4) is 0 Å². The fraction of sp³-hybridized carbons (Fsp3) is 0.650. The minimum Gasteiger partial charge on any atom is -0.495 e. The number of methoxy groups -OCH3 is 1. The number of sulfonamides is 1. The fourth-order valence-corrected chi connectivity index (χ4v) is 5.84. The van der Waals surface area contributed by atoms with Gasteiger partial charge in [0.1, 0.15) is 10.6 Å². The smallest absolute Gasteiger partial charge is 0.253 e. The minimum atomic E-state index is -3.71. The fourth-order valence-electron chi connectivity index (χ4n) is 3.96. The first-order valence-corrected chi connectivity index (χ1v) is 11.3. The lowest BCUT2D eigenvalue weighted by Gasteiger charge is -2.33. The molecule has 0 bridgehead atoms. The summed E-state index contributed by atoms with van der Waals surface area (Å²) in [7, 11) is -2.25. The van der Waals surface area contributed by atoms with Crippen LogP contribution in [0.2, 0.25) is 0 Å². The monoisotopic (exact) mass is 394 g/mol. The minimum absolute atomic E-state index is 0.0450. The molecule has 1 aromatic carbocycles. The lowest BCUT2D eigenvalue weighted by Crippen LogP contribution is -2.42. The lowest BCUT2D eigenvalue weighted by atomic mass is 9.98. The van der Waals surface area contributed by atoms with Crippen molar-refractivity contribution < 1.29 is 17.9 Å². The molecular weight excluding hydrogens is 364 g/mol. The van der Waals surface area contributed by atoms with Crippen molar-refractivity contribution in [1.29, 1.82) is 0 Å². The predicted octanol–water partition coefficient (Wildman–Crippen LogP) is 3.13. The molecule has 0 spiro atoms. The first-order chi connectivity index (χ1) is 12.8. The molecule has 1 unspecified atom stereocenters. The van der Waals surface area contributed by atoms with Crippen LogP contribution in [0.4, 0.5) is 0 Å². The average Bonchev–Trinajstić information content (AvgIpc) is 2.67. The Balaban J connectivity index is 1.93. The highest BCUT2D eigenvalue weighted by atomic mass is 32.2. The van der Waals surface area contributed by atoms with Gasteiger partial charge in [-0.2, -0.15) is 4.31 Å². The third-order valence-electron chi connectivity index (χ3n) is 5.81. The summed E-state index contributed by atoms with van der Waals surface area (Å²) >= 11 is 0. The molecule has 0 aromatic heterocycles. The summed E-state index contributed by atoms with van der Waals surface area (Å²) in [6, 6.07) is 4.71. The number of carbonyl (C=O) groups excluding carboxylic acids is 1. The SMILES string of the molecule is COc1ccc(C(=O)N2CCC(C)CC2)cc1S(=O)(=O)N1CCCCC1C. The predicted molar refractivity (Wildman–Crippen MR) is 105 cm³/mol. The Kier molecular flexibility index (Phi) is 6.11. The largest absolute Gasteiger partial charge is 0.495 e. The number of amides is 1. The summed E-state index contributed by atoms with van der Waals surface area (Å²) in [6.07, 6.45) is 4.72. The number of carbonyl (C=O) groups is 1. The number of likely N-dealkylation sites (tertiary alicyclic amines) is 1. The van der Waals surface area contributed by atoms with E-state index in [0.29, 0.717) is 18.0 Å². The van der Waals surface area contributed by atoms with Gasteiger partial charge < -0.3 is 9.64 Å². The molecule has 3 rings (SSSR count). The molecule has 2 saturated heterocycles. The Morgan fingerprint density at radius 2 is 1.78 bits per heavy atom. The van der Waals surface area contributed by atoms with E-state index >= 15 is 0 Å². The van der Waals surface area contributed by atoms with Crippen LogP contribution in [0.5, 0.6) is 5.75 Å². The Labute approximate surface area is 162 Å². The van der Waals surface area contributed by atoms with Gasteiger partial charge in [-0.15, -0.1) is 0 Å². The average molecular weight is 395 g/mol. The Hall–Kier alpha value is -1.60. The van der Waals surface area contributed by atoms with E-state index in [1.165, 1.54) is 13.2 Å². The molecule has 1 atom stereocenters. The van der Waals surface area contributed by atoms with E-state index in [4.69, 9.17) is 4.74 Å². The quantitative estimate of drug-likeness (QED) is 0.787. The summed E-state index contributed by atoms with van der Waals surface area (Å²) in [5, 5.41) is 0. The van der Waals surface area contributed by atoms with Crippen molar-refractivity contribution >= 4 is 15.9 Å². The number of nitrogens with zero attached hydrogens (tertiary/aromatic N) is 2. The topological polar surface area (TPSA) is 66.9 Å². The van der Waals surface area contributed by atoms with Gasteiger partial charge in [-0.25, -0.2) is 8.42 Å². The molecule has 27 heavy (non-hydrogen) atoms. The van der Waals surface area contributed by atoms with Gasteiger partial charge in [0.05, 0.1) is 7.11 Å². The van der Waals surface area contributed by atoms with Crippen LogP contribution in [0.15, 0.2) is 23.1 Å². The van der Waals surface area contributed by atoms with Crippen LogP contribution in [-0.2, 0) is 10.0 Å². The normalized spacial score (nSPS) is 22.6. The van der Waals surface area contributed by atoms with Crippen LogP contribution in [0, 0.1) is 5.92 Å². The number of piperidine rings is 2. The van der Waals surface area contributed by atoms with Crippen molar-refractivity contribution in [3.05, 3.63) is 23.8 Å². The van der Waals surface area contributed by atoms with Crippen molar-refractivity contribution in [3.63, 3.8) is 0 Å². The molecular formula is C20H30N2O4S. The van der Waals surface area contributed by atoms with Crippen LogP contribution in [-0.4, -0.2) is 56.3 Å². The second-order valence-corrected chi connectivity index (χ2v) is 9.66. The van der Waals surface area contributed by atoms with E-state index in [1.54, 1.807) is 16.4 Å². The highest BCUT2D eigenvalue weighted by Crippen LogP contribution is 2.32. The number of rotatable bonds is 4. The van der Waals surface area contributed by atoms with Gasteiger partial charge >= 0.3 is 0 Å². The van der Waals surface area contributed by atoms with Gasteiger partial charge in [0, 0.05) is 31.2 Å².